The number of halogens is 1. The first-order valence-corrected chi connectivity index (χ1v) is 11.3. The molecule has 1 aliphatic heterocycles. The van der Waals surface area contributed by atoms with Gasteiger partial charge >= 0.3 is 0 Å². The SMILES string of the molecule is Cn1nc2c(c1[C@H]1Cc3cc(Cl)cc(-c4ccnc5ccsc45)c3O1)CCCC2. The average molecular weight is 422 g/mol. The molecule has 0 bridgehead atoms. The van der Waals surface area contributed by atoms with Crippen LogP contribution in [0.3, 0.4) is 0 Å². The quantitative estimate of drug-likeness (QED) is 0.404. The number of hydrogen-bond donors (Lipinski definition) is 0. The largest absolute Gasteiger partial charge is 0.483 e. The van der Waals surface area contributed by atoms with E-state index in [1.807, 2.05) is 24.0 Å². The summed E-state index contributed by atoms with van der Waals surface area (Å²) in [6.07, 6.45) is 7.32. The van der Waals surface area contributed by atoms with Crippen molar-refractivity contribution in [2.75, 3.05) is 0 Å². The van der Waals surface area contributed by atoms with Crippen molar-refractivity contribution in [1.82, 2.24) is 14.8 Å². The smallest absolute Gasteiger partial charge is 0.145 e. The summed E-state index contributed by atoms with van der Waals surface area (Å²) in [6.45, 7) is 0. The van der Waals surface area contributed by atoms with Crippen LogP contribution in [0.4, 0.5) is 0 Å². The Bertz CT molecular complexity index is 1260. The normalized spacial score (nSPS) is 17.9. The molecule has 4 heterocycles. The van der Waals surface area contributed by atoms with E-state index in [-0.39, 0.29) is 6.10 Å². The predicted octanol–water partition coefficient (Wildman–Crippen LogP) is 5.91. The molecular formula is C23H20ClN3OS. The van der Waals surface area contributed by atoms with Gasteiger partial charge in [0.25, 0.3) is 0 Å². The summed E-state index contributed by atoms with van der Waals surface area (Å²) in [5.74, 6) is 0.950. The molecule has 0 unspecified atom stereocenters. The zero-order chi connectivity index (χ0) is 19.5. The first-order chi connectivity index (χ1) is 14.2. The summed E-state index contributed by atoms with van der Waals surface area (Å²) in [5, 5.41) is 7.62. The molecule has 0 radical (unpaired) electrons. The highest BCUT2D eigenvalue weighted by atomic mass is 35.5. The number of aryl methyl sites for hydroxylation is 2. The van der Waals surface area contributed by atoms with Crippen LogP contribution in [0.25, 0.3) is 21.3 Å². The molecule has 0 saturated carbocycles. The van der Waals surface area contributed by atoms with Crippen molar-refractivity contribution >= 4 is 33.2 Å². The molecule has 146 valence electrons. The van der Waals surface area contributed by atoms with Gasteiger partial charge in [-0.05, 0) is 55.3 Å². The van der Waals surface area contributed by atoms with E-state index in [1.54, 1.807) is 11.3 Å². The van der Waals surface area contributed by atoms with E-state index in [0.717, 1.165) is 46.7 Å². The van der Waals surface area contributed by atoms with Crippen LogP contribution in [-0.4, -0.2) is 14.8 Å². The number of hydrogen-bond acceptors (Lipinski definition) is 4. The van der Waals surface area contributed by atoms with Gasteiger partial charge in [0.2, 0.25) is 0 Å². The molecule has 29 heavy (non-hydrogen) atoms. The van der Waals surface area contributed by atoms with Gasteiger partial charge in [0, 0.05) is 46.9 Å². The molecule has 4 aromatic rings. The monoisotopic (exact) mass is 421 g/mol. The fraction of sp³-hybridized carbons (Fsp3) is 0.304. The molecule has 0 spiro atoms. The summed E-state index contributed by atoms with van der Waals surface area (Å²) in [4.78, 5) is 4.48. The maximum absolute atomic E-state index is 6.63. The minimum absolute atomic E-state index is 0.0118. The van der Waals surface area contributed by atoms with E-state index >= 15 is 0 Å². The Morgan fingerprint density at radius 2 is 2.07 bits per heavy atom. The molecule has 1 aliphatic carbocycles. The molecule has 4 nitrogen and oxygen atoms in total. The van der Waals surface area contributed by atoms with Gasteiger partial charge in [-0.1, -0.05) is 11.6 Å². The fourth-order valence-corrected chi connectivity index (χ4v) is 5.99. The number of fused-ring (bicyclic) bond motifs is 3. The van der Waals surface area contributed by atoms with Crippen molar-refractivity contribution in [1.29, 1.82) is 0 Å². The zero-order valence-corrected chi connectivity index (χ0v) is 17.7. The third-order valence-corrected chi connectivity index (χ3v) is 7.26. The van der Waals surface area contributed by atoms with Crippen molar-refractivity contribution in [2.45, 2.75) is 38.2 Å². The van der Waals surface area contributed by atoms with E-state index in [9.17, 15) is 0 Å². The molecular weight excluding hydrogens is 402 g/mol. The van der Waals surface area contributed by atoms with E-state index in [4.69, 9.17) is 21.4 Å². The minimum atomic E-state index is -0.0118. The van der Waals surface area contributed by atoms with Crippen molar-refractivity contribution in [3.05, 3.63) is 63.4 Å². The Balaban J connectivity index is 1.47. The summed E-state index contributed by atoms with van der Waals surface area (Å²) in [6, 6.07) is 8.19. The number of pyridine rings is 1. The number of nitrogens with zero attached hydrogens (tertiary/aromatic N) is 3. The lowest BCUT2D eigenvalue weighted by Gasteiger charge is -2.17. The molecule has 0 amide bonds. The number of benzene rings is 1. The maximum Gasteiger partial charge on any atom is 0.145 e. The van der Waals surface area contributed by atoms with Crippen LogP contribution in [0, 0.1) is 0 Å². The highest BCUT2D eigenvalue weighted by Crippen LogP contribution is 2.47. The zero-order valence-electron chi connectivity index (χ0n) is 16.1. The fourth-order valence-electron chi connectivity index (χ4n) is 4.87. The van der Waals surface area contributed by atoms with Gasteiger partial charge in [-0.2, -0.15) is 5.10 Å². The Kier molecular flexibility index (Phi) is 3.96. The summed E-state index contributed by atoms with van der Waals surface area (Å²) in [7, 11) is 2.05. The molecule has 0 fully saturated rings. The van der Waals surface area contributed by atoms with E-state index < -0.39 is 0 Å². The van der Waals surface area contributed by atoms with Crippen LogP contribution in [-0.2, 0) is 26.3 Å². The molecule has 1 aromatic carbocycles. The second-order valence-corrected chi connectivity index (χ2v) is 9.24. The van der Waals surface area contributed by atoms with Gasteiger partial charge in [-0.3, -0.25) is 9.67 Å². The molecule has 2 aliphatic rings. The Morgan fingerprint density at radius 3 is 3.00 bits per heavy atom. The molecule has 3 aromatic heterocycles. The van der Waals surface area contributed by atoms with Gasteiger partial charge in [0.15, 0.2) is 0 Å². The highest BCUT2D eigenvalue weighted by molar-refractivity contribution is 7.17. The van der Waals surface area contributed by atoms with E-state index in [1.165, 1.54) is 40.1 Å². The predicted molar refractivity (Wildman–Crippen MR) is 117 cm³/mol. The first kappa shape index (κ1) is 17.5. The topological polar surface area (TPSA) is 39.9 Å². The minimum Gasteiger partial charge on any atom is -0.483 e. The van der Waals surface area contributed by atoms with Gasteiger partial charge in [-0.15, -0.1) is 11.3 Å². The van der Waals surface area contributed by atoms with Crippen molar-refractivity contribution in [3.8, 4) is 16.9 Å². The van der Waals surface area contributed by atoms with Gasteiger partial charge in [0.1, 0.15) is 11.9 Å². The molecule has 0 N–H and O–H groups in total. The van der Waals surface area contributed by atoms with Crippen LogP contribution >= 0.6 is 22.9 Å². The molecule has 6 heteroatoms. The highest BCUT2D eigenvalue weighted by Gasteiger charge is 2.33. The summed E-state index contributed by atoms with van der Waals surface area (Å²) < 4.78 is 9.84. The maximum atomic E-state index is 6.63. The average Bonchev–Trinajstić information content (AvgIpc) is 3.42. The second-order valence-electron chi connectivity index (χ2n) is 7.89. The van der Waals surface area contributed by atoms with Crippen molar-refractivity contribution in [3.63, 3.8) is 0 Å². The van der Waals surface area contributed by atoms with Crippen LogP contribution in [0.2, 0.25) is 5.02 Å². The third-order valence-electron chi connectivity index (χ3n) is 6.10. The van der Waals surface area contributed by atoms with E-state index in [2.05, 4.69) is 28.6 Å². The van der Waals surface area contributed by atoms with Gasteiger partial charge in [-0.25, -0.2) is 0 Å². The van der Waals surface area contributed by atoms with Crippen LogP contribution < -0.4 is 4.74 Å². The lowest BCUT2D eigenvalue weighted by Crippen LogP contribution is -2.12. The summed E-state index contributed by atoms with van der Waals surface area (Å²) in [5.41, 5.74) is 8.25. The van der Waals surface area contributed by atoms with Crippen LogP contribution in [0.15, 0.2) is 35.8 Å². The van der Waals surface area contributed by atoms with Crippen LogP contribution in [0.1, 0.15) is 41.5 Å². The number of aromatic nitrogens is 3. The third kappa shape index (κ3) is 2.71. The standard InChI is InChI=1S/C23H20ClN3OS/c1-27-21(16-4-2-3-5-18(16)26-27)20-11-13-10-14(24)12-17(22(13)28-20)15-6-8-25-19-7-9-29-23(15)19/h6-10,12,20H,2-5,11H2,1H3/t20-/m1/s1. The lowest BCUT2D eigenvalue weighted by atomic mass is 9.93. The molecule has 6 rings (SSSR count). The number of ether oxygens (including phenoxy) is 1. The van der Waals surface area contributed by atoms with Gasteiger partial charge < -0.3 is 4.74 Å². The molecule has 1 atom stereocenters. The lowest BCUT2D eigenvalue weighted by molar-refractivity contribution is 0.226. The van der Waals surface area contributed by atoms with E-state index in [0.29, 0.717) is 0 Å². The first-order valence-electron chi connectivity index (χ1n) is 10.1. The molecule has 0 saturated heterocycles. The second kappa shape index (κ2) is 6.57. The Morgan fingerprint density at radius 1 is 1.17 bits per heavy atom. The van der Waals surface area contributed by atoms with Crippen molar-refractivity contribution in [2.24, 2.45) is 7.05 Å². The van der Waals surface area contributed by atoms with Crippen molar-refractivity contribution < 1.29 is 4.74 Å². The number of thiophene rings is 1. The Hall–Kier alpha value is -2.37. The summed E-state index contributed by atoms with van der Waals surface area (Å²) >= 11 is 8.24. The number of rotatable bonds is 2. The van der Waals surface area contributed by atoms with Gasteiger partial charge in [0.05, 0.1) is 21.6 Å². The Labute approximate surface area is 178 Å². The van der Waals surface area contributed by atoms with Crippen LogP contribution in [0.5, 0.6) is 5.75 Å².